The molecule has 0 aliphatic heterocycles. The Morgan fingerprint density at radius 2 is 2.04 bits per heavy atom. The summed E-state index contributed by atoms with van der Waals surface area (Å²) in [6.45, 7) is 5.40. The number of carbonyl (C=O) groups is 1. The van der Waals surface area contributed by atoms with E-state index in [1.54, 1.807) is 19.4 Å². The average molecular weight is 328 g/mol. The highest BCUT2D eigenvalue weighted by molar-refractivity contribution is 5.92. The van der Waals surface area contributed by atoms with Crippen LogP contribution in [0.25, 0.3) is 0 Å². The molecule has 0 aliphatic carbocycles. The smallest absolute Gasteiger partial charge is 0.270 e. The van der Waals surface area contributed by atoms with Crippen LogP contribution >= 0.6 is 0 Å². The van der Waals surface area contributed by atoms with Crippen LogP contribution in [-0.4, -0.2) is 29.5 Å². The molecule has 0 atom stereocenters. The molecule has 0 saturated carbocycles. The second kappa shape index (κ2) is 8.86. The van der Waals surface area contributed by atoms with Gasteiger partial charge in [-0.3, -0.25) is 4.79 Å². The van der Waals surface area contributed by atoms with Crippen LogP contribution < -0.4 is 15.4 Å². The van der Waals surface area contributed by atoms with E-state index in [0.29, 0.717) is 30.6 Å². The zero-order valence-corrected chi connectivity index (χ0v) is 14.4. The van der Waals surface area contributed by atoms with E-state index in [1.807, 2.05) is 24.3 Å². The minimum Gasteiger partial charge on any atom is -0.496 e. The fraction of sp³-hybridized carbons (Fsp3) is 0.389. The second-order valence-corrected chi connectivity index (χ2v) is 5.87. The van der Waals surface area contributed by atoms with Crippen molar-refractivity contribution in [3.8, 4) is 5.75 Å². The number of nitrogens with one attached hydrogen (secondary N) is 2. The van der Waals surface area contributed by atoms with Gasteiger partial charge in [0, 0.05) is 24.8 Å². The SMILES string of the molecule is COc1ccccc1CNc1nccc(C(=O)NCCC(C)C)n1. The van der Waals surface area contributed by atoms with E-state index in [-0.39, 0.29) is 5.91 Å². The maximum atomic E-state index is 12.1. The first-order valence-electron chi connectivity index (χ1n) is 8.07. The second-order valence-electron chi connectivity index (χ2n) is 5.87. The fourth-order valence-corrected chi connectivity index (χ4v) is 2.16. The summed E-state index contributed by atoms with van der Waals surface area (Å²) in [5.41, 5.74) is 1.35. The van der Waals surface area contributed by atoms with E-state index in [4.69, 9.17) is 4.74 Å². The lowest BCUT2D eigenvalue weighted by Crippen LogP contribution is -2.26. The quantitative estimate of drug-likeness (QED) is 0.779. The van der Waals surface area contributed by atoms with Gasteiger partial charge in [0.15, 0.2) is 0 Å². The largest absolute Gasteiger partial charge is 0.496 e. The number of para-hydroxylation sites is 1. The van der Waals surface area contributed by atoms with Gasteiger partial charge in [-0.2, -0.15) is 0 Å². The normalized spacial score (nSPS) is 10.5. The Hall–Kier alpha value is -2.63. The van der Waals surface area contributed by atoms with E-state index >= 15 is 0 Å². The van der Waals surface area contributed by atoms with Crippen molar-refractivity contribution < 1.29 is 9.53 Å². The van der Waals surface area contributed by atoms with E-state index in [0.717, 1.165) is 17.7 Å². The minimum atomic E-state index is -0.182. The van der Waals surface area contributed by atoms with Crippen LogP contribution in [0.15, 0.2) is 36.5 Å². The molecule has 6 nitrogen and oxygen atoms in total. The van der Waals surface area contributed by atoms with Crippen molar-refractivity contribution in [2.24, 2.45) is 5.92 Å². The molecule has 1 amide bonds. The van der Waals surface area contributed by atoms with Crippen LogP contribution in [0.4, 0.5) is 5.95 Å². The van der Waals surface area contributed by atoms with Gasteiger partial charge >= 0.3 is 0 Å². The number of carbonyl (C=O) groups excluding carboxylic acids is 1. The Kier molecular flexibility index (Phi) is 6.54. The average Bonchev–Trinajstić information content (AvgIpc) is 2.60. The van der Waals surface area contributed by atoms with Crippen molar-refractivity contribution in [1.82, 2.24) is 15.3 Å². The van der Waals surface area contributed by atoms with Gasteiger partial charge in [0.1, 0.15) is 11.4 Å². The number of rotatable bonds is 8. The predicted molar refractivity (Wildman–Crippen MR) is 94.1 cm³/mol. The number of amides is 1. The first-order chi connectivity index (χ1) is 11.6. The van der Waals surface area contributed by atoms with Crippen LogP contribution in [0, 0.1) is 5.92 Å². The topological polar surface area (TPSA) is 76.1 Å². The van der Waals surface area contributed by atoms with Crippen LogP contribution in [-0.2, 0) is 6.54 Å². The number of benzene rings is 1. The Labute approximate surface area is 142 Å². The Balaban J connectivity index is 1.96. The highest BCUT2D eigenvalue weighted by Crippen LogP contribution is 2.18. The molecule has 2 N–H and O–H groups in total. The number of anilines is 1. The summed E-state index contributed by atoms with van der Waals surface area (Å²) in [6.07, 6.45) is 2.52. The molecular weight excluding hydrogens is 304 g/mol. The molecule has 24 heavy (non-hydrogen) atoms. The molecule has 0 aliphatic rings. The number of hydrogen-bond acceptors (Lipinski definition) is 5. The molecule has 6 heteroatoms. The maximum absolute atomic E-state index is 12.1. The van der Waals surface area contributed by atoms with Crippen molar-refractivity contribution in [2.45, 2.75) is 26.8 Å². The lowest BCUT2D eigenvalue weighted by Gasteiger charge is -2.10. The monoisotopic (exact) mass is 328 g/mol. The number of ether oxygens (including phenoxy) is 1. The molecule has 2 rings (SSSR count). The lowest BCUT2D eigenvalue weighted by atomic mass is 10.1. The third-order valence-electron chi connectivity index (χ3n) is 3.52. The summed E-state index contributed by atoms with van der Waals surface area (Å²) in [4.78, 5) is 20.5. The predicted octanol–water partition coefficient (Wildman–Crippen LogP) is 2.87. The number of hydrogen-bond donors (Lipinski definition) is 2. The van der Waals surface area contributed by atoms with Crippen LogP contribution in [0.3, 0.4) is 0 Å². The van der Waals surface area contributed by atoms with Crippen LogP contribution in [0.1, 0.15) is 36.3 Å². The molecule has 1 aromatic carbocycles. The third-order valence-corrected chi connectivity index (χ3v) is 3.52. The van der Waals surface area contributed by atoms with Gasteiger partial charge in [-0.15, -0.1) is 0 Å². The first kappa shape index (κ1) is 17.7. The van der Waals surface area contributed by atoms with E-state index in [2.05, 4.69) is 34.4 Å². The van der Waals surface area contributed by atoms with Gasteiger partial charge in [-0.1, -0.05) is 32.0 Å². The van der Waals surface area contributed by atoms with Crippen molar-refractivity contribution in [3.05, 3.63) is 47.8 Å². The molecule has 1 aromatic heterocycles. The molecular formula is C18H24N4O2. The van der Waals surface area contributed by atoms with Crippen molar-refractivity contribution in [1.29, 1.82) is 0 Å². The standard InChI is InChI=1S/C18H24N4O2/c1-13(2)8-10-19-17(23)15-9-11-20-18(22-15)21-12-14-6-4-5-7-16(14)24-3/h4-7,9,11,13H,8,10,12H2,1-3H3,(H,19,23)(H,20,21,22). The number of aromatic nitrogens is 2. The molecule has 2 aromatic rings. The Morgan fingerprint density at radius 1 is 1.25 bits per heavy atom. The van der Waals surface area contributed by atoms with Gasteiger partial charge in [0.25, 0.3) is 5.91 Å². The Morgan fingerprint density at radius 3 is 2.79 bits per heavy atom. The van der Waals surface area contributed by atoms with Crippen LogP contribution in [0.2, 0.25) is 0 Å². The van der Waals surface area contributed by atoms with E-state index in [1.165, 1.54) is 0 Å². The van der Waals surface area contributed by atoms with E-state index < -0.39 is 0 Å². The highest BCUT2D eigenvalue weighted by Gasteiger charge is 2.09. The van der Waals surface area contributed by atoms with Gasteiger partial charge in [0.2, 0.25) is 5.95 Å². The summed E-state index contributed by atoms with van der Waals surface area (Å²) in [5.74, 6) is 1.58. The summed E-state index contributed by atoms with van der Waals surface area (Å²) >= 11 is 0. The zero-order valence-electron chi connectivity index (χ0n) is 14.4. The summed E-state index contributed by atoms with van der Waals surface area (Å²) in [6, 6.07) is 9.34. The van der Waals surface area contributed by atoms with Crippen molar-refractivity contribution in [3.63, 3.8) is 0 Å². The zero-order chi connectivity index (χ0) is 17.4. The third kappa shape index (κ3) is 5.22. The highest BCUT2D eigenvalue weighted by atomic mass is 16.5. The molecule has 0 unspecified atom stereocenters. The lowest BCUT2D eigenvalue weighted by molar-refractivity contribution is 0.0947. The molecule has 0 bridgehead atoms. The fourth-order valence-electron chi connectivity index (χ4n) is 2.16. The Bertz CT molecular complexity index is 674. The van der Waals surface area contributed by atoms with Gasteiger partial charge < -0.3 is 15.4 Å². The molecule has 0 fully saturated rings. The van der Waals surface area contributed by atoms with Gasteiger partial charge in [0.05, 0.1) is 7.11 Å². The van der Waals surface area contributed by atoms with E-state index in [9.17, 15) is 4.79 Å². The maximum Gasteiger partial charge on any atom is 0.270 e. The summed E-state index contributed by atoms with van der Waals surface area (Å²) in [5, 5.41) is 6.00. The molecule has 1 heterocycles. The molecule has 128 valence electrons. The van der Waals surface area contributed by atoms with Crippen LogP contribution in [0.5, 0.6) is 5.75 Å². The van der Waals surface area contributed by atoms with Crippen molar-refractivity contribution in [2.75, 3.05) is 19.0 Å². The summed E-state index contributed by atoms with van der Waals surface area (Å²) < 4.78 is 5.31. The van der Waals surface area contributed by atoms with Gasteiger partial charge in [-0.05, 0) is 24.5 Å². The van der Waals surface area contributed by atoms with Gasteiger partial charge in [-0.25, -0.2) is 9.97 Å². The summed E-state index contributed by atoms with van der Waals surface area (Å²) in [7, 11) is 1.64. The first-order valence-corrected chi connectivity index (χ1v) is 8.07. The minimum absolute atomic E-state index is 0.182. The number of nitrogens with zero attached hydrogens (tertiary/aromatic N) is 2. The molecule has 0 saturated heterocycles. The molecule has 0 radical (unpaired) electrons. The molecule has 0 spiro atoms. The number of methoxy groups -OCH3 is 1. The van der Waals surface area contributed by atoms with Crippen molar-refractivity contribution >= 4 is 11.9 Å².